The highest BCUT2D eigenvalue weighted by atomic mass is 16.5. The van der Waals surface area contributed by atoms with Gasteiger partial charge in [-0.15, -0.1) is 0 Å². The number of methoxy groups -OCH3 is 2. The van der Waals surface area contributed by atoms with Gasteiger partial charge in [-0.05, 0) is 133 Å². The summed E-state index contributed by atoms with van der Waals surface area (Å²) in [6.45, 7) is 2.29. The van der Waals surface area contributed by atoms with Crippen molar-refractivity contribution in [2.24, 2.45) is 53.3 Å². The molecule has 14 nitrogen and oxygen atoms in total. The minimum absolute atomic E-state index is 0.00350. The number of alkyl carbamates (subject to hydrolysis) is 2. The van der Waals surface area contributed by atoms with Gasteiger partial charge in [0.2, 0.25) is 11.8 Å². The van der Waals surface area contributed by atoms with E-state index in [4.69, 9.17) is 19.4 Å². The zero-order valence-corrected chi connectivity index (χ0v) is 36.0. The highest BCUT2D eigenvalue weighted by Crippen LogP contribution is 2.61. The average molecular weight is 853 g/mol. The van der Waals surface area contributed by atoms with Crippen LogP contribution in [0.15, 0.2) is 60.9 Å². The molecule has 0 spiro atoms. The Morgan fingerprint density at radius 1 is 0.571 bits per heavy atom. The van der Waals surface area contributed by atoms with Crippen molar-refractivity contribution in [2.75, 3.05) is 14.2 Å². The summed E-state index contributed by atoms with van der Waals surface area (Å²) in [5, 5.41) is 5.86. The van der Waals surface area contributed by atoms with E-state index in [-0.39, 0.29) is 47.8 Å². The third-order valence-electron chi connectivity index (χ3n) is 16.8. The molecular weight excluding hydrogens is 797 g/mol. The first-order valence-corrected chi connectivity index (χ1v) is 23.3. The van der Waals surface area contributed by atoms with Gasteiger partial charge in [-0.25, -0.2) is 19.6 Å². The van der Waals surface area contributed by atoms with Gasteiger partial charge < -0.3 is 39.9 Å². The predicted molar refractivity (Wildman–Crippen MR) is 231 cm³/mol. The van der Waals surface area contributed by atoms with E-state index < -0.39 is 24.3 Å². The maximum atomic E-state index is 14.3. The lowest BCUT2D eigenvalue weighted by molar-refractivity contribution is -0.137. The second-order valence-electron chi connectivity index (χ2n) is 20.3. The number of rotatable bonds is 11. The maximum Gasteiger partial charge on any atom is 0.407 e. The fourth-order valence-electron chi connectivity index (χ4n) is 13.0. The van der Waals surface area contributed by atoms with Crippen LogP contribution in [-0.4, -0.2) is 92.1 Å². The normalized spacial score (nSPS) is 34.6. The molecule has 4 amide bonds. The largest absolute Gasteiger partial charge is 0.453 e. The summed E-state index contributed by atoms with van der Waals surface area (Å²) in [5.41, 5.74) is 5.98. The topological polar surface area (TPSA) is 175 Å². The summed E-state index contributed by atoms with van der Waals surface area (Å²) in [6, 6.07) is 15.8. The molecule has 0 bridgehead atoms. The zero-order chi connectivity index (χ0) is 42.8. The average Bonchev–Trinajstić information content (AvgIpc) is 4.17. The van der Waals surface area contributed by atoms with Crippen molar-refractivity contribution in [1.29, 1.82) is 0 Å². The molecule has 328 valence electrons. The molecule has 0 radical (unpaired) electrons. The lowest BCUT2D eigenvalue weighted by Gasteiger charge is -2.33. The molecular formula is C49H56N8O6. The van der Waals surface area contributed by atoms with Crippen LogP contribution in [0.2, 0.25) is 0 Å². The third kappa shape index (κ3) is 6.81. The number of nitrogens with zero attached hydrogens (tertiary/aromatic N) is 4. The van der Waals surface area contributed by atoms with Crippen molar-refractivity contribution in [2.45, 2.75) is 101 Å². The van der Waals surface area contributed by atoms with E-state index in [0.717, 1.165) is 96.7 Å². The minimum atomic E-state index is -0.582. The summed E-state index contributed by atoms with van der Waals surface area (Å²) in [4.78, 5) is 74.3. The molecule has 5 unspecified atom stereocenters. The van der Waals surface area contributed by atoms with Crippen molar-refractivity contribution >= 4 is 24.0 Å². The van der Waals surface area contributed by atoms with E-state index in [2.05, 4.69) is 76.1 Å². The van der Waals surface area contributed by atoms with Crippen molar-refractivity contribution in [1.82, 2.24) is 40.4 Å². The van der Waals surface area contributed by atoms with E-state index in [1.54, 1.807) is 0 Å². The van der Waals surface area contributed by atoms with Gasteiger partial charge in [0, 0.05) is 12.1 Å². The molecule has 8 fully saturated rings. The number of aromatic nitrogens is 4. The molecule has 15 atom stereocenters. The minimum Gasteiger partial charge on any atom is -0.453 e. The summed E-state index contributed by atoms with van der Waals surface area (Å²) in [7, 11) is 2.70. The molecule has 2 saturated heterocycles. The van der Waals surface area contributed by atoms with E-state index in [1.807, 2.05) is 22.2 Å². The van der Waals surface area contributed by atoms with Gasteiger partial charge in [0.05, 0.1) is 50.1 Å². The summed E-state index contributed by atoms with van der Waals surface area (Å²) >= 11 is 0. The van der Waals surface area contributed by atoms with Crippen LogP contribution in [0.1, 0.15) is 88.4 Å². The van der Waals surface area contributed by atoms with Crippen LogP contribution >= 0.6 is 0 Å². The van der Waals surface area contributed by atoms with Gasteiger partial charge in [0.1, 0.15) is 23.7 Å². The molecule has 2 aromatic carbocycles. The van der Waals surface area contributed by atoms with Crippen LogP contribution in [0.4, 0.5) is 9.59 Å². The smallest absolute Gasteiger partial charge is 0.407 e. The van der Waals surface area contributed by atoms with Gasteiger partial charge in [0.15, 0.2) is 0 Å². The number of piperidine rings is 2. The Bertz CT molecular complexity index is 2440. The van der Waals surface area contributed by atoms with Crippen LogP contribution in [-0.2, 0) is 19.1 Å². The Labute approximate surface area is 366 Å². The Balaban J connectivity index is 0.712. The highest BCUT2D eigenvalue weighted by Gasteiger charge is 2.61. The first-order chi connectivity index (χ1) is 30.6. The zero-order valence-electron chi connectivity index (χ0n) is 36.0. The van der Waals surface area contributed by atoms with Gasteiger partial charge in [0.25, 0.3) is 0 Å². The molecule has 6 saturated carbocycles. The Kier molecular flexibility index (Phi) is 9.09. The number of ether oxygens (including phenoxy) is 2. The molecule has 4 N–H and O–H groups in total. The number of amides is 4. The molecule has 2 aromatic heterocycles. The highest BCUT2D eigenvalue weighted by molar-refractivity contribution is 5.88. The standard InChI is InChI=1S/C49H56N8O6/c1-23-34-15-33(16-35(23)34)43(55-49(61)63-3)47(59)57-39-18-31(39)20-41(57)45-51-22-37(53-45)27-10-6-25(7-11-27)24-4-8-26(9-5-24)36-21-50-44(52-36)40-19-30-17-38(30)56(40)46(58)42(54-48(60)62-2)32-13-28-12-29(28)14-32/h4-11,21-23,28-35,38-43H,12-20H2,1-3H3,(H,50,52)(H,51,53)(H,54,60)(H,55,61)/t23?,28-,29+,30-,31-,32?,33?,34-,35+,38-,39-,40+,41+,42?,43?/m1/s1. The number of benzene rings is 2. The Morgan fingerprint density at radius 2 is 0.984 bits per heavy atom. The lowest BCUT2D eigenvalue weighted by Crippen LogP contribution is -2.52. The quantitative estimate of drug-likeness (QED) is 0.122. The number of aromatic amines is 2. The number of nitrogens with one attached hydrogen (secondary N) is 4. The fraction of sp³-hybridized carbons (Fsp3) is 0.551. The number of hydrogen-bond acceptors (Lipinski definition) is 8. The first kappa shape index (κ1) is 39.0. The van der Waals surface area contributed by atoms with Gasteiger partial charge >= 0.3 is 12.2 Å². The van der Waals surface area contributed by atoms with Crippen LogP contribution < -0.4 is 10.6 Å². The number of carbonyl (C=O) groups excluding carboxylic acids is 4. The predicted octanol–water partition coefficient (Wildman–Crippen LogP) is 7.25. The second-order valence-corrected chi connectivity index (χ2v) is 20.3. The van der Waals surface area contributed by atoms with Gasteiger partial charge in [-0.2, -0.15) is 0 Å². The summed E-state index contributed by atoms with van der Waals surface area (Å²) in [5.74, 6) is 6.18. The monoisotopic (exact) mass is 852 g/mol. The van der Waals surface area contributed by atoms with Gasteiger partial charge in [-0.3, -0.25) is 9.59 Å². The van der Waals surface area contributed by atoms with Crippen LogP contribution in [0.5, 0.6) is 0 Å². The molecule has 2 aliphatic heterocycles. The number of H-pyrrole nitrogens is 2. The van der Waals surface area contributed by atoms with Crippen molar-refractivity contribution in [3.8, 4) is 33.6 Å². The van der Waals surface area contributed by atoms with E-state index in [9.17, 15) is 19.2 Å². The fourth-order valence-corrected chi connectivity index (χ4v) is 13.0. The van der Waals surface area contributed by atoms with E-state index in [1.165, 1.54) is 20.6 Å². The number of likely N-dealkylation sites (tertiary alicyclic amines) is 2. The van der Waals surface area contributed by atoms with E-state index in [0.29, 0.717) is 41.4 Å². The lowest BCUT2D eigenvalue weighted by atomic mass is 9.91. The number of imidazole rings is 2. The molecule has 6 aliphatic carbocycles. The van der Waals surface area contributed by atoms with Crippen molar-refractivity contribution in [3.05, 3.63) is 72.6 Å². The molecule has 8 aliphatic rings. The van der Waals surface area contributed by atoms with E-state index >= 15 is 0 Å². The number of hydrogen-bond donors (Lipinski definition) is 4. The summed E-state index contributed by atoms with van der Waals surface area (Å²) < 4.78 is 9.92. The van der Waals surface area contributed by atoms with Crippen LogP contribution in [0, 0.1) is 53.3 Å². The molecule has 4 aromatic rings. The van der Waals surface area contributed by atoms with Crippen LogP contribution in [0.25, 0.3) is 33.6 Å². The molecule has 12 rings (SSSR count). The van der Waals surface area contributed by atoms with Crippen LogP contribution in [0.3, 0.4) is 0 Å². The van der Waals surface area contributed by atoms with Crippen molar-refractivity contribution in [3.63, 3.8) is 0 Å². The molecule has 14 heteroatoms. The van der Waals surface area contributed by atoms with Crippen molar-refractivity contribution < 1.29 is 28.7 Å². The number of fused-ring (bicyclic) bond motifs is 4. The SMILES string of the molecule is COC(=O)NC(C(=O)N1[C@@H]2C[C@@H]2C[C@H]1c1ncc(-c2ccc(-c3ccc(-c4cnc([C@@H]5C[C@H]6C[C@H]6N5C(=O)C(NC(=O)OC)C5C[C@@H]6C(C)[C@@H]6C5)[nH]4)cc3)cc2)[nH]1)C1C[C@@H]2C[C@@H]2C1. The Hall–Kier alpha value is -5.66. The van der Waals surface area contributed by atoms with Gasteiger partial charge in [-0.1, -0.05) is 55.5 Å². The molecule has 63 heavy (non-hydrogen) atoms. The third-order valence-corrected chi connectivity index (χ3v) is 16.8. The second kappa shape index (κ2) is 14.7. The molecule has 4 heterocycles. The number of carbonyl (C=O) groups is 4. The Morgan fingerprint density at radius 3 is 1.41 bits per heavy atom. The maximum absolute atomic E-state index is 14.3. The first-order valence-electron chi connectivity index (χ1n) is 23.3. The summed E-state index contributed by atoms with van der Waals surface area (Å²) in [6.07, 6.45) is 11.5.